The third kappa shape index (κ3) is 3.14. The lowest BCUT2D eigenvalue weighted by Gasteiger charge is -2.26. The Morgan fingerprint density at radius 2 is 2.53 bits per heavy atom. The molecule has 2 atom stereocenters. The molecule has 0 bridgehead atoms. The van der Waals surface area contributed by atoms with Crippen molar-refractivity contribution in [2.75, 3.05) is 6.61 Å². The second-order valence-electron chi connectivity index (χ2n) is 5.12. The van der Waals surface area contributed by atoms with E-state index in [1.54, 1.807) is 11.3 Å². The number of rotatable bonds is 5. The zero-order valence-electron chi connectivity index (χ0n) is 10.9. The second kappa shape index (κ2) is 6.00. The van der Waals surface area contributed by atoms with E-state index in [-0.39, 0.29) is 6.04 Å². The van der Waals surface area contributed by atoms with Crippen molar-refractivity contribution >= 4 is 16.3 Å². The minimum atomic E-state index is 0.229. The highest BCUT2D eigenvalue weighted by molar-refractivity contribution is 7.15. The van der Waals surface area contributed by atoms with Gasteiger partial charge < -0.3 is 4.74 Å². The van der Waals surface area contributed by atoms with Crippen molar-refractivity contribution in [3.8, 4) is 0 Å². The zero-order chi connectivity index (χ0) is 13.1. The van der Waals surface area contributed by atoms with Crippen LogP contribution in [0.25, 0.3) is 4.96 Å². The van der Waals surface area contributed by atoms with Crippen LogP contribution >= 0.6 is 11.3 Å². The summed E-state index contributed by atoms with van der Waals surface area (Å²) < 4.78 is 7.83. The topological polar surface area (TPSA) is 64.6 Å². The maximum Gasteiger partial charge on any atom is 0.193 e. The molecule has 2 aromatic rings. The van der Waals surface area contributed by atoms with Gasteiger partial charge in [-0.15, -0.1) is 11.3 Å². The number of hydrazine groups is 1. The van der Waals surface area contributed by atoms with Crippen LogP contribution in [0.15, 0.2) is 17.8 Å². The van der Waals surface area contributed by atoms with Gasteiger partial charge in [-0.1, -0.05) is 0 Å². The lowest BCUT2D eigenvalue weighted by atomic mass is 9.99. The summed E-state index contributed by atoms with van der Waals surface area (Å²) in [4.78, 5) is 5.64. The molecule has 3 heterocycles. The maximum atomic E-state index is 5.77. The molecule has 2 unspecified atom stereocenters. The molecule has 0 aliphatic carbocycles. The van der Waals surface area contributed by atoms with E-state index in [9.17, 15) is 0 Å². The van der Waals surface area contributed by atoms with Gasteiger partial charge in [0.2, 0.25) is 0 Å². The van der Waals surface area contributed by atoms with Gasteiger partial charge in [-0.2, -0.15) is 0 Å². The lowest BCUT2D eigenvalue weighted by Crippen LogP contribution is -2.40. The molecule has 0 spiro atoms. The van der Waals surface area contributed by atoms with E-state index in [1.165, 1.54) is 12.8 Å². The molecule has 5 nitrogen and oxygen atoms in total. The van der Waals surface area contributed by atoms with Crippen molar-refractivity contribution in [3.05, 3.63) is 23.5 Å². The van der Waals surface area contributed by atoms with Crippen LogP contribution in [0.1, 0.15) is 31.4 Å². The summed E-state index contributed by atoms with van der Waals surface area (Å²) in [6.07, 6.45) is 9.88. The highest BCUT2D eigenvalue weighted by Crippen LogP contribution is 2.19. The van der Waals surface area contributed by atoms with Gasteiger partial charge in [-0.05, 0) is 25.7 Å². The average Bonchev–Trinajstić information content (AvgIpc) is 3.00. The van der Waals surface area contributed by atoms with Crippen molar-refractivity contribution in [2.45, 2.75) is 44.2 Å². The normalized spacial score (nSPS) is 21.8. The molecule has 6 heteroatoms. The van der Waals surface area contributed by atoms with E-state index < -0.39 is 0 Å². The number of nitrogens with two attached hydrogens (primary N) is 1. The van der Waals surface area contributed by atoms with E-state index >= 15 is 0 Å². The standard InChI is InChI=1S/C13H20N4OS/c14-16-10(8-12-3-1-2-5-18-12)7-11-9-17-4-6-19-13(17)15-11/h4,6,9-10,12,16H,1-3,5,7-8,14H2. The van der Waals surface area contributed by atoms with Crippen LogP contribution in [-0.4, -0.2) is 28.1 Å². The van der Waals surface area contributed by atoms with Crippen molar-refractivity contribution in [3.63, 3.8) is 0 Å². The molecule has 0 amide bonds. The molecular formula is C13H20N4OS. The number of aromatic nitrogens is 2. The summed E-state index contributed by atoms with van der Waals surface area (Å²) in [5.74, 6) is 5.67. The first-order valence-electron chi connectivity index (χ1n) is 6.84. The Kier molecular flexibility index (Phi) is 4.12. The summed E-state index contributed by atoms with van der Waals surface area (Å²) in [7, 11) is 0. The first-order valence-corrected chi connectivity index (χ1v) is 7.72. The van der Waals surface area contributed by atoms with Crippen molar-refractivity contribution < 1.29 is 4.74 Å². The Bertz CT molecular complexity index is 489. The van der Waals surface area contributed by atoms with Crippen molar-refractivity contribution in [1.29, 1.82) is 0 Å². The monoisotopic (exact) mass is 280 g/mol. The summed E-state index contributed by atoms with van der Waals surface area (Å²) in [5.41, 5.74) is 4.00. The van der Waals surface area contributed by atoms with Crippen molar-refractivity contribution in [2.24, 2.45) is 5.84 Å². The van der Waals surface area contributed by atoms with Gasteiger partial charge in [-0.3, -0.25) is 15.7 Å². The highest BCUT2D eigenvalue weighted by atomic mass is 32.1. The number of fused-ring (bicyclic) bond motifs is 1. The van der Waals surface area contributed by atoms with Gasteiger partial charge in [0.05, 0.1) is 11.8 Å². The summed E-state index contributed by atoms with van der Waals surface area (Å²) in [5, 5.41) is 2.04. The largest absolute Gasteiger partial charge is 0.378 e. The Labute approximate surface area is 116 Å². The van der Waals surface area contributed by atoms with Gasteiger partial charge in [0.25, 0.3) is 0 Å². The summed E-state index contributed by atoms with van der Waals surface area (Å²) in [6.45, 7) is 0.891. The highest BCUT2D eigenvalue weighted by Gasteiger charge is 2.20. The molecule has 0 aromatic carbocycles. The predicted octanol–water partition coefficient (Wildman–Crippen LogP) is 1.73. The number of hydrogen-bond donors (Lipinski definition) is 2. The molecule has 104 valence electrons. The number of hydrogen-bond acceptors (Lipinski definition) is 5. The minimum Gasteiger partial charge on any atom is -0.378 e. The average molecular weight is 280 g/mol. The Morgan fingerprint density at radius 3 is 3.26 bits per heavy atom. The van der Waals surface area contributed by atoms with E-state index in [1.807, 2.05) is 11.6 Å². The third-order valence-corrected chi connectivity index (χ3v) is 4.43. The Morgan fingerprint density at radius 1 is 1.58 bits per heavy atom. The number of imidazole rings is 1. The predicted molar refractivity (Wildman–Crippen MR) is 76.1 cm³/mol. The molecule has 19 heavy (non-hydrogen) atoms. The van der Waals surface area contributed by atoms with E-state index in [4.69, 9.17) is 10.6 Å². The van der Waals surface area contributed by atoms with Gasteiger partial charge in [-0.25, -0.2) is 4.98 Å². The number of nitrogens with one attached hydrogen (secondary N) is 1. The fourth-order valence-electron chi connectivity index (χ4n) is 2.65. The summed E-state index contributed by atoms with van der Waals surface area (Å²) in [6, 6.07) is 0.229. The van der Waals surface area contributed by atoms with Crippen LogP contribution in [0.5, 0.6) is 0 Å². The maximum absolute atomic E-state index is 5.77. The van der Waals surface area contributed by atoms with Crippen LogP contribution in [0.3, 0.4) is 0 Å². The number of nitrogens with zero attached hydrogens (tertiary/aromatic N) is 2. The van der Waals surface area contributed by atoms with Gasteiger partial charge in [0.15, 0.2) is 4.96 Å². The van der Waals surface area contributed by atoms with Crippen LogP contribution in [0.4, 0.5) is 0 Å². The van der Waals surface area contributed by atoms with Crippen LogP contribution in [0, 0.1) is 0 Å². The van der Waals surface area contributed by atoms with E-state index in [0.717, 1.165) is 36.5 Å². The van der Waals surface area contributed by atoms with Crippen LogP contribution in [-0.2, 0) is 11.2 Å². The second-order valence-corrected chi connectivity index (χ2v) is 5.99. The quantitative estimate of drug-likeness (QED) is 0.646. The molecule has 1 saturated heterocycles. The SMILES string of the molecule is NNC(Cc1cn2ccsc2n1)CC1CCCCO1. The molecule has 0 saturated carbocycles. The van der Waals surface area contributed by atoms with Crippen molar-refractivity contribution in [1.82, 2.24) is 14.8 Å². The Balaban J connectivity index is 1.60. The van der Waals surface area contributed by atoms with Crippen LogP contribution < -0.4 is 11.3 Å². The lowest BCUT2D eigenvalue weighted by molar-refractivity contribution is 0.00519. The van der Waals surface area contributed by atoms with Crippen LogP contribution in [0.2, 0.25) is 0 Å². The molecular weight excluding hydrogens is 260 g/mol. The van der Waals surface area contributed by atoms with E-state index in [0.29, 0.717) is 6.10 Å². The van der Waals surface area contributed by atoms with Gasteiger partial charge in [0, 0.05) is 36.8 Å². The Hall–Kier alpha value is -0.950. The molecule has 3 rings (SSSR count). The smallest absolute Gasteiger partial charge is 0.193 e. The fraction of sp³-hybridized carbons (Fsp3) is 0.615. The first kappa shape index (κ1) is 13.1. The number of thiazole rings is 1. The zero-order valence-corrected chi connectivity index (χ0v) is 11.7. The third-order valence-electron chi connectivity index (χ3n) is 3.66. The first-order chi connectivity index (χ1) is 9.35. The number of ether oxygens (including phenoxy) is 1. The molecule has 0 radical (unpaired) electrons. The molecule has 2 aromatic heterocycles. The van der Waals surface area contributed by atoms with Gasteiger partial charge in [0.1, 0.15) is 0 Å². The molecule has 1 aliphatic heterocycles. The van der Waals surface area contributed by atoms with E-state index in [2.05, 4.69) is 21.0 Å². The van der Waals surface area contributed by atoms with Gasteiger partial charge >= 0.3 is 0 Å². The minimum absolute atomic E-state index is 0.229. The molecule has 1 aliphatic rings. The summed E-state index contributed by atoms with van der Waals surface area (Å²) >= 11 is 1.65. The molecule has 1 fully saturated rings. The fourth-order valence-corrected chi connectivity index (χ4v) is 3.37. The molecule has 3 N–H and O–H groups in total.